The molecule has 0 spiro atoms. The van der Waals surface area contributed by atoms with E-state index in [0.717, 1.165) is 24.6 Å². The average molecular weight is 261 g/mol. The van der Waals surface area contributed by atoms with Crippen LogP contribution in [0.3, 0.4) is 0 Å². The van der Waals surface area contributed by atoms with Crippen molar-refractivity contribution >= 4 is 5.91 Å². The quantitative estimate of drug-likeness (QED) is 0.816. The van der Waals surface area contributed by atoms with Crippen LogP contribution in [0.15, 0.2) is 24.9 Å². The Hall–Kier alpha value is -1.62. The summed E-state index contributed by atoms with van der Waals surface area (Å²) in [5.41, 5.74) is 1.07. The van der Waals surface area contributed by atoms with Crippen LogP contribution in [-0.4, -0.2) is 28.3 Å². The highest BCUT2D eigenvalue weighted by Crippen LogP contribution is 2.33. The van der Waals surface area contributed by atoms with Gasteiger partial charge in [0.15, 0.2) is 0 Å². The third-order valence-electron chi connectivity index (χ3n) is 3.77. The predicted molar refractivity (Wildman–Crippen MR) is 70.4 cm³/mol. The first-order valence-corrected chi connectivity index (χ1v) is 6.84. The SMILES string of the molecule is C=CC(=O)N[C@@H]1CCO[C@H]1c1ccnn1CC1CC1. The van der Waals surface area contributed by atoms with Crippen LogP contribution < -0.4 is 5.32 Å². The van der Waals surface area contributed by atoms with Gasteiger partial charge in [-0.05, 0) is 37.3 Å². The first-order valence-electron chi connectivity index (χ1n) is 6.84. The first-order chi connectivity index (χ1) is 9.28. The van der Waals surface area contributed by atoms with Crippen molar-refractivity contribution in [3.8, 4) is 0 Å². The molecule has 1 aliphatic carbocycles. The summed E-state index contributed by atoms with van der Waals surface area (Å²) in [5, 5.41) is 7.32. The summed E-state index contributed by atoms with van der Waals surface area (Å²) in [5.74, 6) is 0.620. The predicted octanol–water partition coefficient (Wildman–Crippen LogP) is 1.43. The molecule has 1 saturated heterocycles. The molecule has 1 amide bonds. The highest BCUT2D eigenvalue weighted by Gasteiger charge is 2.33. The van der Waals surface area contributed by atoms with Crippen LogP contribution in [-0.2, 0) is 16.1 Å². The van der Waals surface area contributed by atoms with E-state index in [1.54, 1.807) is 0 Å². The minimum Gasteiger partial charge on any atom is -0.370 e. The Kier molecular flexibility index (Phi) is 3.38. The molecule has 0 bridgehead atoms. The smallest absolute Gasteiger partial charge is 0.243 e. The van der Waals surface area contributed by atoms with Gasteiger partial charge in [0.1, 0.15) is 6.10 Å². The number of aromatic nitrogens is 2. The van der Waals surface area contributed by atoms with Gasteiger partial charge in [0.25, 0.3) is 0 Å². The summed E-state index contributed by atoms with van der Waals surface area (Å²) in [6, 6.07) is 2.01. The Labute approximate surface area is 112 Å². The molecule has 2 heterocycles. The molecule has 3 rings (SSSR count). The number of nitrogens with one attached hydrogen (secondary N) is 1. The highest BCUT2D eigenvalue weighted by atomic mass is 16.5. The molecule has 1 aromatic rings. The highest BCUT2D eigenvalue weighted by molar-refractivity contribution is 5.87. The van der Waals surface area contributed by atoms with E-state index in [0.29, 0.717) is 6.61 Å². The summed E-state index contributed by atoms with van der Waals surface area (Å²) in [4.78, 5) is 11.4. The second-order valence-corrected chi connectivity index (χ2v) is 5.28. The van der Waals surface area contributed by atoms with Gasteiger partial charge >= 0.3 is 0 Å². The molecule has 1 saturated carbocycles. The van der Waals surface area contributed by atoms with Gasteiger partial charge < -0.3 is 10.1 Å². The molecule has 1 N–H and O–H groups in total. The summed E-state index contributed by atoms with van der Waals surface area (Å²) < 4.78 is 7.82. The van der Waals surface area contributed by atoms with Gasteiger partial charge in [0.2, 0.25) is 5.91 Å². The van der Waals surface area contributed by atoms with Gasteiger partial charge in [-0.25, -0.2) is 0 Å². The van der Waals surface area contributed by atoms with Gasteiger partial charge in [0.05, 0.1) is 11.7 Å². The van der Waals surface area contributed by atoms with Crippen molar-refractivity contribution in [1.82, 2.24) is 15.1 Å². The van der Waals surface area contributed by atoms with E-state index in [1.165, 1.54) is 18.9 Å². The number of amides is 1. The van der Waals surface area contributed by atoms with Crippen molar-refractivity contribution in [2.24, 2.45) is 5.92 Å². The zero-order chi connectivity index (χ0) is 13.2. The average Bonchev–Trinajstić information content (AvgIpc) is 2.91. The van der Waals surface area contributed by atoms with Crippen LogP contribution in [0.2, 0.25) is 0 Å². The Morgan fingerprint density at radius 3 is 3.16 bits per heavy atom. The molecule has 5 heteroatoms. The van der Waals surface area contributed by atoms with E-state index in [2.05, 4.69) is 17.0 Å². The van der Waals surface area contributed by atoms with Gasteiger partial charge in [-0.15, -0.1) is 0 Å². The van der Waals surface area contributed by atoms with Gasteiger partial charge in [-0.2, -0.15) is 5.10 Å². The number of hydrogen-bond acceptors (Lipinski definition) is 3. The zero-order valence-electron chi connectivity index (χ0n) is 10.9. The van der Waals surface area contributed by atoms with Gasteiger partial charge in [-0.1, -0.05) is 6.58 Å². The molecule has 0 aromatic carbocycles. The third kappa shape index (κ3) is 2.71. The number of rotatable bonds is 5. The number of nitrogens with zero attached hydrogens (tertiary/aromatic N) is 2. The molecule has 1 aromatic heterocycles. The van der Waals surface area contributed by atoms with E-state index in [1.807, 2.05) is 16.9 Å². The van der Waals surface area contributed by atoms with Crippen LogP contribution in [0.5, 0.6) is 0 Å². The van der Waals surface area contributed by atoms with Gasteiger partial charge in [0, 0.05) is 19.3 Å². The molecule has 5 nitrogen and oxygen atoms in total. The fraction of sp³-hybridized carbons (Fsp3) is 0.571. The maximum Gasteiger partial charge on any atom is 0.243 e. The van der Waals surface area contributed by atoms with E-state index in [9.17, 15) is 4.79 Å². The first kappa shape index (κ1) is 12.4. The lowest BCUT2D eigenvalue weighted by Crippen LogP contribution is -2.36. The van der Waals surface area contributed by atoms with Gasteiger partial charge in [-0.3, -0.25) is 9.48 Å². The van der Waals surface area contributed by atoms with Crippen LogP contribution in [0.4, 0.5) is 0 Å². The number of carbonyl (C=O) groups is 1. The number of ether oxygens (including phenoxy) is 1. The van der Waals surface area contributed by atoms with Crippen molar-refractivity contribution in [2.75, 3.05) is 6.61 Å². The Morgan fingerprint density at radius 2 is 2.42 bits per heavy atom. The van der Waals surface area contributed by atoms with Crippen molar-refractivity contribution < 1.29 is 9.53 Å². The molecule has 0 radical (unpaired) electrons. The minimum absolute atomic E-state index is 0.0140. The van der Waals surface area contributed by atoms with Crippen molar-refractivity contribution in [1.29, 1.82) is 0 Å². The van der Waals surface area contributed by atoms with Crippen molar-refractivity contribution in [3.63, 3.8) is 0 Å². The summed E-state index contributed by atoms with van der Waals surface area (Å²) in [7, 11) is 0. The monoisotopic (exact) mass is 261 g/mol. The second-order valence-electron chi connectivity index (χ2n) is 5.28. The third-order valence-corrected chi connectivity index (χ3v) is 3.77. The molecule has 2 atom stereocenters. The maximum atomic E-state index is 11.4. The molecule has 0 unspecified atom stereocenters. The Bertz CT molecular complexity index is 479. The summed E-state index contributed by atoms with van der Waals surface area (Å²) >= 11 is 0. The van der Waals surface area contributed by atoms with E-state index < -0.39 is 0 Å². The van der Waals surface area contributed by atoms with E-state index >= 15 is 0 Å². The zero-order valence-corrected chi connectivity index (χ0v) is 10.9. The molecule has 102 valence electrons. The Morgan fingerprint density at radius 1 is 1.58 bits per heavy atom. The van der Waals surface area contributed by atoms with E-state index in [4.69, 9.17) is 4.74 Å². The molecular weight excluding hydrogens is 242 g/mol. The molecule has 2 aliphatic rings. The largest absolute Gasteiger partial charge is 0.370 e. The Balaban J connectivity index is 1.74. The second kappa shape index (κ2) is 5.17. The summed E-state index contributed by atoms with van der Waals surface area (Å²) in [6.07, 6.45) is 6.44. The lowest BCUT2D eigenvalue weighted by atomic mass is 10.1. The lowest BCUT2D eigenvalue weighted by molar-refractivity contribution is -0.117. The molecule has 1 aliphatic heterocycles. The normalized spacial score (nSPS) is 26.3. The molecule has 19 heavy (non-hydrogen) atoms. The topological polar surface area (TPSA) is 56.1 Å². The van der Waals surface area contributed by atoms with E-state index in [-0.39, 0.29) is 18.1 Å². The van der Waals surface area contributed by atoms with Crippen LogP contribution >= 0.6 is 0 Å². The number of carbonyl (C=O) groups excluding carboxylic acids is 1. The summed E-state index contributed by atoms with van der Waals surface area (Å²) in [6.45, 7) is 5.12. The fourth-order valence-corrected chi connectivity index (χ4v) is 2.55. The van der Waals surface area contributed by atoms with Crippen LogP contribution in [0.1, 0.15) is 31.1 Å². The fourth-order valence-electron chi connectivity index (χ4n) is 2.55. The van der Waals surface area contributed by atoms with Crippen molar-refractivity contribution in [2.45, 2.75) is 38.0 Å². The lowest BCUT2D eigenvalue weighted by Gasteiger charge is -2.20. The van der Waals surface area contributed by atoms with Crippen LogP contribution in [0, 0.1) is 5.92 Å². The van der Waals surface area contributed by atoms with Crippen LogP contribution in [0.25, 0.3) is 0 Å². The number of hydrogen-bond donors (Lipinski definition) is 1. The standard InChI is InChI=1S/C14H19N3O2/c1-2-13(18)16-11-6-8-19-14(11)12-5-7-15-17(12)9-10-3-4-10/h2,5,7,10-11,14H,1,3-4,6,8-9H2,(H,16,18)/t11-,14-/m1/s1. The van der Waals surface area contributed by atoms with Crippen molar-refractivity contribution in [3.05, 3.63) is 30.6 Å². The maximum absolute atomic E-state index is 11.4. The molecule has 2 fully saturated rings. The minimum atomic E-state index is -0.145. The molecular formula is C14H19N3O2.